The summed E-state index contributed by atoms with van der Waals surface area (Å²) < 4.78 is 0. The third-order valence-electron chi connectivity index (χ3n) is 3.16. The molecule has 1 heterocycles. The number of aromatic nitrogens is 2. The second-order valence-electron chi connectivity index (χ2n) is 4.98. The second kappa shape index (κ2) is 6.38. The van der Waals surface area contributed by atoms with Gasteiger partial charge in [0.15, 0.2) is 0 Å². The fraction of sp³-hybridized carbons (Fsp3) is 0.692. The standard InChI is InChI=1S/C13H22N4S/c1-9(2)18-8-12-15-11-7-5-3-4-6-10(11)13(16-12)17-14/h9H,3-8,14H2,1-2H3,(H,15,16,17). The van der Waals surface area contributed by atoms with Crippen molar-refractivity contribution >= 4 is 17.6 Å². The van der Waals surface area contributed by atoms with Crippen molar-refractivity contribution in [1.82, 2.24) is 9.97 Å². The van der Waals surface area contributed by atoms with E-state index in [4.69, 9.17) is 10.8 Å². The number of hydrogen-bond donors (Lipinski definition) is 2. The van der Waals surface area contributed by atoms with Gasteiger partial charge in [-0.3, -0.25) is 0 Å². The highest BCUT2D eigenvalue weighted by Crippen LogP contribution is 2.25. The van der Waals surface area contributed by atoms with Crippen LogP contribution >= 0.6 is 11.8 Å². The first-order valence-corrected chi connectivity index (χ1v) is 7.72. The quantitative estimate of drug-likeness (QED) is 0.498. The first-order valence-electron chi connectivity index (χ1n) is 6.67. The van der Waals surface area contributed by atoms with Crippen molar-refractivity contribution in [2.75, 3.05) is 5.43 Å². The molecule has 4 nitrogen and oxygen atoms in total. The topological polar surface area (TPSA) is 63.8 Å². The van der Waals surface area contributed by atoms with Gasteiger partial charge in [0, 0.05) is 11.3 Å². The summed E-state index contributed by atoms with van der Waals surface area (Å²) in [4.78, 5) is 9.28. The number of hydrogen-bond acceptors (Lipinski definition) is 5. The van der Waals surface area contributed by atoms with Crippen LogP contribution in [0.4, 0.5) is 5.82 Å². The minimum atomic E-state index is 0.599. The fourth-order valence-corrected chi connectivity index (χ4v) is 2.86. The zero-order valence-electron chi connectivity index (χ0n) is 11.2. The monoisotopic (exact) mass is 266 g/mol. The van der Waals surface area contributed by atoms with E-state index in [-0.39, 0.29) is 0 Å². The minimum Gasteiger partial charge on any atom is -0.308 e. The van der Waals surface area contributed by atoms with Crippen molar-refractivity contribution in [3.05, 3.63) is 17.1 Å². The number of thioether (sulfide) groups is 1. The van der Waals surface area contributed by atoms with Crippen LogP contribution in [0.3, 0.4) is 0 Å². The Balaban J connectivity index is 2.25. The van der Waals surface area contributed by atoms with Crippen LogP contribution in [0.1, 0.15) is 50.2 Å². The molecule has 0 bridgehead atoms. The molecule has 0 amide bonds. The maximum atomic E-state index is 5.60. The first-order chi connectivity index (χ1) is 8.70. The molecule has 5 heteroatoms. The van der Waals surface area contributed by atoms with Crippen LogP contribution in [-0.4, -0.2) is 15.2 Å². The summed E-state index contributed by atoms with van der Waals surface area (Å²) in [5.74, 6) is 8.20. The number of nitrogens with one attached hydrogen (secondary N) is 1. The second-order valence-corrected chi connectivity index (χ2v) is 6.54. The molecule has 0 radical (unpaired) electrons. The summed E-state index contributed by atoms with van der Waals surface area (Å²) >= 11 is 1.87. The molecule has 0 atom stereocenters. The lowest BCUT2D eigenvalue weighted by molar-refractivity contribution is 0.708. The molecule has 0 aliphatic heterocycles. The molecule has 0 saturated heterocycles. The predicted molar refractivity (Wildman–Crippen MR) is 77.5 cm³/mol. The van der Waals surface area contributed by atoms with Gasteiger partial charge in [-0.05, 0) is 30.9 Å². The Morgan fingerprint density at radius 1 is 1.22 bits per heavy atom. The Hall–Kier alpha value is -0.810. The van der Waals surface area contributed by atoms with E-state index in [0.29, 0.717) is 5.25 Å². The third kappa shape index (κ3) is 3.36. The average molecular weight is 266 g/mol. The Labute approximate surface area is 113 Å². The predicted octanol–water partition coefficient (Wildman–Crippen LogP) is 2.67. The van der Waals surface area contributed by atoms with Crippen LogP contribution in [0, 0.1) is 0 Å². The highest BCUT2D eigenvalue weighted by molar-refractivity contribution is 7.99. The van der Waals surface area contributed by atoms with Gasteiger partial charge >= 0.3 is 0 Å². The van der Waals surface area contributed by atoms with Gasteiger partial charge in [0.05, 0.1) is 5.75 Å². The van der Waals surface area contributed by atoms with E-state index in [1.165, 1.54) is 30.5 Å². The molecular formula is C13H22N4S. The zero-order chi connectivity index (χ0) is 13.0. The molecule has 0 fully saturated rings. The molecule has 100 valence electrons. The average Bonchev–Trinajstić information content (AvgIpc) is 2.60. The smallest absolute Gasteiger partial charge is 0.147 e. The van der Waals surface area contributed by atoms with Gasteiger partial charge in [0.25, 0.3) is 0 Å². The van der Waals surface area contributed by atoms with Crippen molar-refractivity contribution in [2.24, 2.45) is 5.84 Å². The Morgan fingerprint density at radius 3 is 2.72 bits per heavy atom. The van der Waals surface area contributed by atoms with Crippen LogP contribution in [0.15, 0.2) is 0 Å². The number of nitrogens with two attached hydrogens (primary N) is 1. The molecular weight excluding hydrogens is 244 g/mol. The molecule has 1 aromatic heterocycles. The minimum absolute atomic E-state index is 0.599. The Morgan fingerprint density at radius 2 is 2.00 bits per heavy atom. The lowest BCUT2D eigenvalue weighted by atomic mass is 10.1. The maximum absolute atomic E-state index is 5.60. The van der Waals surface area contributed by atoms with Crippen LogP contribution < -0.4 is 11.3 Å². The summed E-state index contributed by atoms with van der Waals surface area (Å²) in [5, 5.41) is 0.599. The van der Waals surface area contributed by atoms with E-state index < -0.39 is 0 Å². The van der Waals surface area contributed by atoms with Gasteiger partial charge in [-0.2, -0.15) is 11.8 Å². The largest absolute Gasteiger partial charge is 0.308 e. The molecule has 0 unspecified atom stereocenters. The summed E-state index contributed by atoms with van der Waals surface area (Å²) in [6, 6.07) is 0. The van der Waals surface area contributed by atoms with Gasteiger partial charge in [-0.1, -0.05) is 20.3 Å². The molecule has 0 saturated carbocycles. The molecule has 1 aliphatic rings. The van der Waals surface area contributed by atoms with Gasteiger partial charge in [-0.15, -0.1) is 0 Å². The van der Waals surface area contributed by atoms with Gasteiger partial charge in [0.1, 0.15) is 11.6 Å². The highest BCUT2D eigenvalue weighted by Gasteiger charge is 2.16. The first kappa shape index (κ1) is 13.6. The zero-order valence-corrected chi connectivity index (χ0v) is 12.0. The number of fused-ring (bicyclic) bond motifs is 1. The van der Waals surface area contributed by atoms with Gasteiger partial charge in [0.2, 0.25) is 0 Å². The maximum Gasteiger partial charge on any atom is 0.147 e. The van der Waals surface area contributed by atoms with Crippen molar-refractivity contribution in [2.45, 2.75) is 57.0 Å². The summed E-state index contributed by atoms with van der Waals surface area (Å²) in [6.07, 6.45) is 5.82. The van der Waals surface area contributed by atoms with Crippen molar-refractivity contribution in [3.8, 4) is 0 Å². The Bertz CT molecular complexity index is 406. The molecule has 18 heavy (non-hydrogen) atoms. The molecule has 2 rings (SSSR count). The van der Waals surface area contributed by atoms with Crippen LogP contribution in [0.25, 0.3) is 0 Å². The van der Waals surface area contributed by atoms with E-state index in [0.717, 1.165) is 30.2 Å². The van der Waals surface area contributed by atoms with Crippen molar-refractivity contribution in [3.63, 3.8) is 0 Å². The van der Waals surface area contributed by atoms with Gasteiger partial charge in [-0.25, -0.2) is 15.8 Å². The van der Waals surface area contributed by atoms with E-state index in [2.05, 4.69) is 24.3 Å². The lowest BCUT2D eigenvalue weighted by Gasteiger charge is -2.13. The number of anilines is 1. The summed E-state index contributed by atoms with van der Waals surface area (Å²) in [5.41, 5.74) is 5.18. The lowest BCUT2D eigenvalue weighted by Crippen LogP contribution is -2.15. The molecule has 1 aromatic rings. The Kier molecular flexibility index (Phi) is 4.83. The highest BCUT2D eigenvalue weighted by atomic mass is 32.2. The van der Waals surface area contributed by atoms with E-state index in [1.807, 2.05) is 11.8 Å². The van der Waals surface area contributed by atoms with E-state index in [9.17, 15) is 0 Å². The third-order valence-corrected chi connectivity index (χ3v) is 4.25. The molecule has 3 N–H and O–H groups in total. The number of nitrogens with zero attached hydrogens (tertiary/aromatic N) is 2. The van der Waals surface area contributed by atoms with Gasteiger partial charge < -0.3 is 5.43 Å². The van der Waals surface area contributed by atoms with E-state index >= 15 is 0 Å². The molecule has 1 aliphatic carbocycles. The number of aryl methyl sites for hydroxylation is 1. The SMILES string of the molecule is CC(C)SCc1nc2c(c(NN)n1)CCCCC2. The molecule has 0 spiro atoms. The van der Waals surface area contributed by atoms with Crippen LogP contribution in [0.5, 0.6) is 0 Å². The molecule has 0 aromatic carbocycles. The van der Waals surface area contributed by atoms with Crippen LogP contribution in [-0.2, 0) is 18.6 Å². The fourth-order valence-electron chi connectivity index (χ4n) is 2.25. The number of hydrazine groups is 1. The van der Waals surface area contributed by atoms with Crippen molar-refractivity contribution < 1.29 is 0 Å². The summed E-state index contributed by atoms with van der Waals surface area (Å²) in [7, 11) is 0. The normalized spacial score (nSPS) is 15.3. The van der Waals surface area contributed by atoms with Crippen LogP contribution in [0.2, 0.25) is 0 Å². The number of rotatable bonds is 4. The van der Waals surface area contributed by atoms with Crippen molar-refractivity contribution in [1.29, 1.82) is 0 Å². The van der Waals surface area contributed by atoms with E-state index in [1.54, 1.807) is 0 Å². The summed E-state index contributed by atoms with van der Waals surface area (Å²) in [6.45, 7) is 4.38. The number of nitrogen functional groups attached to an aromatic ring is 1.